The Morgan fingerprint density at radius 2 is 2.00 bits per heavy atom. The third kappa shape index (κ3) is 3.74. The number of hydrogen-bond acceptors (Lipinski definition) is 3. The van der Waals surface area contributed by atoms with Crippen molar-refractivity contribution in [3.05, 3.63) is 0 Å². The van der Waals surface area contributed by atoms with Crippen LogP contribution in [0.3, 0.4) is 0 Å². The molecule has 1 saturated heterocycles. The normalized spacial score (nSPS) is 23.3. The van der Waals surface area contributed by atoms with Crippen molar-refractivity contribution in [2.45, 2.75) is 26.7 Å². The lowest BCUT2D eigenvalue weighted by Crippen LogP contribution is -2.39. The smallest absolute Gasteiger partial charge is 0.214 e. The van der Waals surface area contributed by atoms with Crippen molar-refractivity contribution < 1.29 is 8.42 Å². The molecule has 0 amide bonds. The van der Waals surface area contributed by atoms with Gasteiger partial charge in [0, 0.05) is 13.1 Å². The van der Waals surface area contributed by atoms with Gasteiger partial charge in [-0.2, -0.15) is 0 Å². The van der Waals surface area contributed by atoms with Crippen LogP contribution in [0.2, 0.25) is 0 Å². The van der Waals surface area contributed by atoms with Gasteiger partial charge in [-0.1, -0.05) is 13.8 Å². The highest BCUT2D eigenvalue weighted by molar-refractivity contribution is 7.89. The van der Waals surface area contributed by atoms with Gasteiger partial charge in [0.05, 0.1) is 5.75 Å². The van der Waals surface area contributed by atoms with Crippen LogP contribution in [0, 0.1) is 5.92 Å². The fourth-order valence-electron chi connectivity index (χ4n) is 2.09. The number of nitrogens with zero attached hydrogens (tertiary/aromatic N) is 1. The Hall–Kier alpha value is -0.130. The topological polar surface area (TPSA) is 49.4 Å². The van der Waals surface area contributed by atoms with Gasteiger partial charge in [-0.3, -0.25) is 0 Å². The van der Waals surface area contributed by atoms with Crippen LogP contribution in [0.4, 0.5) is 0 Å². The van der Waals surface area contributed by atoms with Gasteiger partial charge in [-0.25, -0.2) is 12.7 Å². The van der Waals surface area contributed by atoms with E-state index in [4.69, 9.17) is 0 Å². The molecule has 0 aromatic rings. The number of nitrogens with one attached hydrogen (secondary N) is 1. The Bertz CT molecular complexity index is 267. The lowest BCUT2D eigenvalue weighted by atomic mass is 10.0. The lowest BCUT2D eigenvalue weighted by Gasteiger charge is -2.26. The van der Waals surface area contributed by atoms with Crippen molar-refractivity contribution >= 4 is 10.0 Å². The zero-order valence-electron chi connectivity index (χ0n) is 9.70. The highest BCUT2D eigenvalue weighted by atomic mass is 32.2. The quantitative estimate of drug-likeness (QED) is 0.760. The molecule has 1 atom stereocenters. The van der Waals surface area contributed by atoms with Crippen LogP contribution in [-0.4, -0.2) is 44.7 Å². The molecule has 0 aliphatic carbocycles. The zero-order chi connectivity index (χ0) is 11.3. The maximum atomic E-state index is 12.0. The third-order valence-electron chi connectivity index (χ3n) is 2.94. The summed E-state index contributed by atoms with van der Waals surface area (Å²) in [5.74, 6) is 0.603. The summed E-state index contributed by atoms with van der Waals surface area (Å²) in [5.41, 5.74) is 0. The second-order valence-corrected chi connectivity index (χ2v) is 6.09. The first-order valence-corrected chi connectivity index (χ1v) is 7.39. The van der Waals surface area contributed by atoms with Gasteiger partial charge in [0.1, 0.15) is 0 Å². The Labute approximate surface area is 93.1 Å². The molecule has 1 N–H and O–H groups in total. The molecule has 1 heterocycles. The van der Waals surface area contributed by atoms with E-state index in [0.29, 0.717) is 24.8 Å². The second kappa shape index (κ2) is 5.82. The Morgan fingerprint density at radius 1 is 1.33 bits per heavy atom. The second-order valence-electron chi connectivity index (χ2n) is 4.08. The largest absolute Gasteiger partial charge is 0.316 e. The van der Waals surface area contributed by atoms with Crippen molar-refractivity contribution in [1.29, 1.82) is 0 Å². The monoisotopic (exact) mass is 234 g/mol. The standard InChI is InChI=1S/C10H22N2O2S/c1-3-12(4-2)15(13,14)9-10-6-5-7-11-8-10/h10-11H,3-9H2,1-2H3. The van der Waals surface area contributed by atoms with Crippen LogP contribution < -0.4 is 5.32 Å². The third-order valence-corrected chi connectivity index (χ3v) is 5.14. The maximum Gasteiger partial charge on any atom is 0.214 e. The highest BCUT2D eigenvalue weighted by Crippen LogP contribution is 2.14. The molecule has 0 aromatic carbocycles. The van der Waals surface area contributed by atoms with Gasteiger partial charge in [0.25, 0.3) is 0 Å². The first kappa shape index (κ1) is 12.9. The average molecular weight is 234 g/mol. The van der Waals surface area contributed by atoms with Crippen molar-refractivity contribution in [2.75, 3.05) is 31.9 Å². The predicted molar refractivity (Wildman–Crippen MR) is 62.3 cm³/mol. The number of sulfonamides is 1. The first-order valence-electron chi connectivity index (χ1n) is 5.78. The van der Waals surface area contributed by atoms with Gasteiger partial charge in [0.15, 0.2) is 0 Å². The van der Waals surface area contributed by atoms with E-state index >= 15 is 0 Å². The molecular formula is C10H22N2O2S. The van der Waals surface area contributed by atoms with Crippen molar-refractivity contribution in [3.8, 4) is 0 Å². The van der Waals surface area contributed by atoms with Crippen LogP contribution in [0.15, 0.2) is 0 Å². The highest BCUT2D eigenvalue weighted by Gasteiger charge is 2.24. The minimum Gasteiger partial charge on any atom is -0.316 e. The molecular weight excluding hydrogens is 212 g/mol. The summed E-state index contributed by atoms with van der Waals surface area (Å²) in [6.07, 6.45) is 2.13. The molecule has 0 aromatic heterocycles. The van der Waals surface area contributed by atoms with Crippen LogP contribution in [0.1, 0.15) is 26.7 Å². The average Bonchev–Trinajstić information content (AvgIpc) is 2.19. The van der Waals surface area contributed by atoms with E-state index in [-0.39, 0.29) is 0 Å². The van der Waals surface area contributed by atoms with E-state index in [1.807, 2.05) is 13.8 Å². The molecule has 0 bridgehead atoms. The van der Waals surface area contributed by atoms with Gasteiger partial charge in [0.2, 0.25) is 10.0 Å². The Balaban J connectivity index is 2.54. The van der Waals surface area contributed by atoms with E-state index in [1.165, 1.54) is 0 Å². The summed E-state index contributed by atoms with van der Waals surface area (Å²) >= 11 is 0. The molecule has 5 heteroatoms. The Morgan fingerprint density at radius 3 is 2.47 bits per heavy atom. The number of hydrogen-bond donors (Lipinski definition) is 1. The van der Waals surface area contributed by atoms with E-state index in [1.54, 1.807) is 4.31 Å². The SMILES string of the molecule is CCN(CC)S(=O)(=O)CC1CCCNC1. The van der Waals surface area contributed by atoms with Gasteiger partial charge in [-0.15, -0.1) is 0 Å². The van der Waals surface area contributed by atoms with E-state index < -0.39 is 10.0 Å². The fourth-order valence-corrected chi connectivity index (χ4v) is 3.96. The van der Waals surface area contributed by atoms with Crippen LogP contribution in [-0.2, 0) is 10.0 Å². The van der Waals surface area contributed by atoms with Crippen LogP contribution in [0.25, 0.3) is 0 Å². The van der Waals surface area contributed by atoms with Crippen LogP contribution in [0.5, 0.6) is 0 Å². The molecule has 1 unspecified atom stereocenters. The Kier molecular flexibility index (Phi) is 5.02. The molecule has 0 radical (unpaired) electrons. The first-order chi connectivity index (χ1) is 7.10. The molecule has 0 saturated carbocycles. The summed E-state index contributed by atoms with van der Waals surface area (Å²) < 4.78 is 25.5. The fraction of sp³-hybridized carbons (Fsp3) is 1.00. The van der Waals surface area contributed by atoms with Crippen molar-refractivity contribution in [1.82, 2.24) is 9.62 Å². The number of piperidine rings is 1. The molecule has 1 fully saturated rings. The van der Waals surface area contributed by atoms with Crippen molar-refractivity contribution in [3.63, 3.8) is 0 Å². The maximum absolute atomic E-state index is 12.0. The van der Waals surface area contributed by atoms with Gasteiger partial charge < -0.3 is 5.32 Å². The van der Waals surface area contributed by atoms with Crippen LogP contribution >= 0.6 is 0 Å². The zero-order valence-corrected chi connectivity index (χ0v) is 10.5. The van der Waals surface area contributed by atoms with Gasteiger partial charge in [-0.05, 0) is 31.8 Å². The summed E-state index contributed by atoms with van der Waals surface area (Å²) in [6.45, 7) is 6.82. The minimum atomic E-state index is -3.03. The predicted octanol–water partition coefficient (Wildman–Crippen LogP) is 0.658. The summed E-state index contributed by atoms with van der Waals surface area (Å²) in [7, 11) is -3.03. The van der Waals surface area contributed by atoms with Gasteiger partial charge >= 0.3 is 0 Å². The summed E-state index contributed by atoms with van der Waals surface area (Å²) in [6, 6.07) is 0. The van der Waals surface area contributed by atoms with Crippen molar-refractivity contribution in [2.24, 2.45) is 5.92 Å². The molecule has 1 rings (SSSR count). The molecule has 90 valence electrons. The lowest BCUT2D eigenvalue weighted by molar-refractivity contribution is 0.387. The summed E-state index contributed by atoms with van der Waals surface area (Å²) in [4.78, 5) is 0. The number of rotatable bonds is 5. The molecule has 0 spiro atoms. The van der Waals surface area contributed by atoms with E-state index in [9.17, 15) is 8.42 Å². The summed E-state index contributed by atoms with van der Waals surface area (Å²) in [5, 5.41) is 3.25. The molecule has 1 aliphatic rings. The van der Waals surface area contributed by atoms with E-state index in [2.05, 4.69) is 5.32 Å². The minimum absolute atomic E-state index is 0.296. The molecule has 1 aliphatic heterocycles. The molecule has 4 nitrogen and oxygen atoms in total. The molecule has 15 heavy (non-hydrogen) atoms. The van der Waals surface area contributed by atoms with E-state index in [0.717, 1.165) is 25.9 Å².